The minimum absolute atomic E-state index is 0.00288. The van der Waals surface area contributed by atoms with E-state index >= 15 is 0 Å². The predicted octanol–water partition coefficient (Wildman–Crippen LogP) is 2.22. The summed E-state index contributed by atoms with van der Waals surface area (Å²) in [7, 11) is 0. The van der Waals surface area contributed by atoms with Gasteiger partial charge in [0.1, 0.15) is 6.61 Å². The molecule has 1 aromatic carbocycles. The van der Waals surface area contributed by atoms with E-state index in [0.717, 1.165) is 0 Å². The molecule has 1 saturated heterocycles. The van der Waals surface area contributed by atoms with Crippen LogP contribution in [0.4, 0.5) is 0 Å². The van der Waals surface area contributed by atoms with E-state index in [-0.39, 0.29) is 37.0 Å². The molecule has 0 bridgehead atoms. The summed E-state index contributed by atoms with van der Waals surface area (Å²) in [4.78, 5) is 41.4. The normalized spacial score (nSPS) is 18.4. The van der Waals surface area contributed by atoms with Crippen molar-refractivity contribution in [1.29, 1.82) is 0 Å². The molecule has 0 radical (unpaired) electrons. The smallest absolute Gasteiger partial charge is 0.267 e. The third kappa shape index (κ3) is 4.42. The Bertz CT molecular complexity index is 890. The molecule has 2 amide bonds. The Balaban J connectivity index is 1.24. The van der Waals surface area contributed by atoms with Gasteiger partial charge in [-0.3, -0.25) is 14.4 Å². The van der Waals surface area contributed by atoms with Crippen LogP contribution in [0.5, 0.6) is 11.5 Å². The van der Waals surface area contributed by atoms with Crippen molar-refractivity contribution >= 4 is 28.9 Å². The van der Waals surface area contributed by atoms with Gasteiger partial charge >= 0.3 is 0 Å². The molecule has 29 heavy (non-hydrogen) atoms. The molecule has 7 nitrogen and oxygen atoms in total. The highest BCUT2D eigenvalue weighted by molar-refractivity contribution is 7.12. The first-order valence-corrected chi connectivity index (χ1v) is 10.5. The molecule has 0 aliphatic carbocycles. The highest BCUT2D eigenvalue weighted by atomic mass is 32.1. The fourth-order valence-electron chi connectivity index (χ4n) is 3.46. The molecule has 3 heterocycles. The van der Waals surface area contributed by atoms with Crippen molar-refractivity contribution in [3.63, 3.8) is 0 Å². The average Bonchev–Trinajstić information content (AvgIpc) is 3.31. The number of rotatable bonds is 5. The minimum Gasteiger partial charge on any atom is -0.485 e. The summed E-state index contributed by atoms with van der Waals surface area (Å²) in [6.07, 6.45) is -0.262. The van der Waals surface area contributed by atoms with E-state index in [1.807, 2.05) is 29.6 Å². The number of carbonyl (C=O) groups excluding carboxylic acids is 3. The lowest BCUT2D eigenvalue weighted by Gasteiger charge is -2.37. The Kier molecular flexibility index (Phi) is 5.80. The average molecular weight is 414 g/mol. The maximum absolute atomic E-state index is 12.8. The third-order valence-corrected chi connectivity index (χ3v) is 6.00. The van der Waals surface area contributed by atoms with E-state index in [1.165, 1.54) is 11.3 Å². The second-order valence-electron chi connectivity index (χ2n) is 6.97. The van der Waals surface area contributed by atoms with Gasteiger partial charge in [0.25, 0.3) is 5.91 Å². The van der Waals surface area contributed by atoms with E-state index in [1.54, 1.807) is 21.9 Å². The number of nitrogens with zero attached hydrogens (tertiary/aromatic N) is 2. The van der Waals surface area contributed by atoms with Crippen LogP contribution in [-0.2, 0) is 9.59 Å². The number of hydrogen-bond acceptors (Lipinski definition) is 6. The van der Waals surface area contributed by atoms with Crippen molar-refractivity contribution in [2.45, 2.75) is 18.9 Å². The molecular weight excluding hydrogens is 392 g/mol. The Labute approximate surface area is 172 Å². The molecule has 2 aliphatic heterocycles. The predicted molar refractivity (Wildman–Crippen MR) is 107 cm³/mol. The summed E-state index contributed by atoms with van der Waals surface area (Å²) in [5.41, 5.74) is 0. The van der Waals surface area contributed by atoms with Gasteiger partial charge < -0.3 is 19.3 Å². The molecule has 0 N–H and O–H groups in total. The van der Waals surface area contributed by atoms with Crippen molar-refractivity contribution in [3.8, 4) is 11.5 Å². The molecule has 0 spiro atoms. The third-order valence-electron chi connectivity index (χ3n) is 5.09. The minimum atomic E-state index is -0.671. The maximum atomic E-state index is 12.8. The summed E-state index contributed by atoms with van der Waals surface area (Å²) in [6.45, 7) is 2.00. The van der Waals surface area contributed by atoms with Crippen molar-refractivity contribution in [1.82, 2.24) is 9.80 Å². The summed E-state index contributed by atoms with van der Waals surface area (Å²) in [6, 6.07) is 10.9. The van der Waals surface area contributed by atoms with Crippen LogP contribution in [0.25, 0.3) is 0 Å². The van der Waals surface area contributed by atoms with Gasteiger partial charge in [-0.25, -0.2) is 0 Å². The van der Waals surface area contributed by atoms with Gasteiger partial charge in [0.15, 0.2) is 17.3 Å². The van der Waals surface area contributed by atoms with Gasteiger partial charge in [-0.2, -0.15) is 0 Å². The maximum Gasteiger partial charge on any atom is 0.267 e. The van der Waals surface area contributed by atoms with Crippen LogP contribution in [0.3, 0.4) is 0 Å². The Morgan fingerprint density at radius 1 is 0.931 bits per heavy atom. The number of hydrogen-bond donors (Lipinski definition) is 0. The summed E-state index contributed by atoms with van der Waals surface area (Å²) in [5, 5.41) is 1.85. The van der Waals surface area contributed by atoms with Gasteiger partial charge in [0.05, 0.1) is 4.88 Å². The molecule has 0 unspecified atom stereocenters. The van der Waals surface area contributed by atoms with E-state index in [4.69, 9.17) is 9.47 Å². The first kappa shape index (κ1) is 19.4. The zero-order chi connectivity index (χ0) is 20.2. The fraction of sp³-hybridized carbons (Fsp3) is 0.381. The molecule has 4 rings (SSSR count). The van der Waals surface area contributed by atoms with Crippen molar-refractivity contribution < 1.29 is 23.9 Å². The number of benzene rings is 1. The molecule has 152 valence electrons. The number of thiophene rings is 1. The number of para-hydroxylation sites is 2. The van der Waals surface area contributed by atoms with E-state index < -0.39 is 6.10 Å². The molecule has 1 fully saturated rings. The van der Waals surface area contributed by atoms with Crippen LogP contribution in [0, 0.1) is 0 Å². The van der Waals surface area contributed by atoms with Crippen LogP contribution >= 0.6 is 11.3 Å². The lowest BCUT2D eigenvalue weighted by molar-refractivity contribution is -0.146. The highest BCUT2D eigenvalue weighted by Gasteiger charge is 2.33. The number of fused-ring (bicyclic) bond motifs is 1. The van der Waals surface area contributed by atoms with Crippen LogP contribution < -0.4 is 9.47 Å². The zero-order valence-electron chi connectivity index (χ0n) is 15.9. The Morgan fingerprint density at radius 3 is 2.38 bits per heavy atom. The quantitative estimate of drug-likeness (QED) is 0.702. The monoisotopic (exact) mass is 414 g/mol. The summed E-state index contributed by atoms with van der Waals surface area (Å²) < 4.78 is 11.4. The molecule has 2 aromatic rings. The van der Waals surface area contributed by atoms with Crippen LogP contribution in [0.1, 0.15) is 22.5 Å². The number of piperazine rings is 1. The van der Waals surface area contributed by atoms with Crippen molar-refractivity contribution in [3.05, 3.63) is 46.7 Å². The summed E-state index contributed by atoms with van der Waals surface area (Å²) >= 11 is 1.39. The molecular formula is C21H22N2O5S. The van der Waals surface area contributed by atoms with Crippen molar-refractivity contribution in [2.75, 3.05) is 32.8 Å². The second-order valence-corrected chi connectivity index (χ2v) is 7.92. The second kappa shape index (κ2) is 8.65. The molecule has 1 atom stereocenters. The Morgan fingerprint density at radius 2 is 1.66 bits per heavy atom. The van der Waals surface area contributed by atoms with E-state index in [2.05, 4.69) is 0 Å². The summed E-state index contributed by atoms with van der Waals surface area (Å²) in [5.74, 6) is 1.04. The lowest BCUT2D eigenvalue weighted by atomic mass is 10.1. The standard InChI is InChI=1S/C21H22N2O5S/c24-15(19-6-3-13-29-19)7-8-20(25)22-9-11-23(12-10-22)21(26)18-14-27-16-4-1-2-5-17(16)28-18/h1-6,13,18H,7-12,14H2/t18-/m1/s1. The van der Waals surface area contributed by atoms with Crippen LogP contribution in [0.2, 0.25) is 0 Å². The zero-order valence-corrected chi connectivity index (χ0v) is 16.7. The lowest BCUT2D eigenvalue weighted by Crippen LogP contribution is -2.55. The number of carbonyl (C=O) groups is 3. The number of Topliss-reactive ketones (excluding diaryl/α,β-unsaturated/α-hetero) is 1. The van der Waals surface area contributed by atoms with Gasteiger partial charge in [-0.05, 0) is 23.6 Å². The Hall–Kier alpha value is -2.87. The SMILES string of the molecule is O=C(CCC(=O)N1CCN(C(=O)[C@H]2COc3ccccc3O2)CC1)c1cccs1. The van der Waals surface area contributed by atoms with Gasteiger partial charge in [-0.1, -0.05) is 18.2 Å². The van der Waals surface area contributed by atoms with Crippen LogP contribution in [0.15, 0.2) is 41.8 Å². The van der Waals surface area contributed by atoms with Gasteiger partial charge in [-0.15, -0.1) is 11.3 Å². The largest absolute Gasteiger partial charge is 0.485 e. The molecule has 8 heteroatoms. The van der Waals surface area contributed by atoms with Gasteiger partial charge in [0, 0.05) is 39.0 Å². The van der Waals surface area contributed by atoms with E-state index in [0.29, 0.717) is 42.6 Å². The molecule has 2 aliphatic rings. The van der Waals surface area contributed by atoms with Crippen molar-refractivity contribution in [2.24, 2.45) is 0 Å². The topological polar surface area (TPSA) is 76.2 Å². The van der Waals surface area contributed by atoms with Crippen LogP contribution in [-0.4, -0.2) is 66.3 Å². The molecule has 1 aromatic heterocycles. The fourth-order valence-corrected chi connectivity index (χ4v) is 4.15. The van der Waals surface area contributed by atoms with E-state index in [9.17, 15) is 14.4 Å². The first-order valence-electron chi connectivity index (χ1n) is 9.63. The first-order chi connectivity index (χ1) is 14.1. The highest BCUT2D eigenvalue weighted by Crippen LogP contribution is 2.31. The molecule has 0 saturated carbocycles. The number of ketones is 1. The van der Waals surface area contributed by atoms with Gasteiger partial charge in [0.2, 0.25) is 12.0 Å². The number of ether oxygens (including phenoxy) is 2. The number of amides is 2.